The van der Waals surface area contributed by atoms with E-state index in [0.29, 0.717) is 31.7 Å². The second-order valence-electron chi connectivity index (χ2n) is 7.10. The Labute approximate surface area is 153 Å². The van der Waals surface area contributed by atoms with Gasteiger partial charge in [-0.3, -0.25) is 14.4 Å². The summed E-state index contributed by atoms with van der Waals surface area (Å²) in [5.41, 5.74) is 0.672. The number of aromatic nitrogens is 2. The zero-order chi connectivity index (χ0) is 18.7. The summed E-state index contributed by atoms with van der Waals surface area (Å²) >= 11 is 0. The largest absolute Gasteiger partial charge is 0.497 e. The maximum atomic E-state index is 12.5. The minimum absolute atomic E-state index is 0.126. The number of ether oxygens (including phenoxy) is 1. The molecule has 1 aliphatic rings. The Morgan fingerprint density at radius 1 is 1.35 bits per heavy atom. The predicted molar refractivity (Wildman–Crippen MR) is 98.0 cm³/mol. The van der Waals surface area contributed by atoms with Gasteiger partial charge in [0.2, 0.25) is 0 Å². The van der Waals surface area contributed by atoms with Gasteiger partial charge in [0.1, 0.15) is 11.4 Å². The number of aliphatic hydroxyl groups is 1. The molecule has 1 aromatic heterocycles. The van der Waals surface area contributed by atoms with Gasteiger partial charge in [-0.15, -0.1) is 0 Å². The van der Waals surface area contributed by atoms with E-state index in [1.165, 1.54) is 0 Å². The average Bonchev–Trinajstić information content (AvgIpc) is 3.21. The highest BCUT2D eigenvalue weighted by Gasteiger charge is 2.39. The smallest absolute Gasteiger partial charge is 0.274 e. The number of aryl methyl sites for hydroxylation is 1. The van der Waals surface area contributed by atoms with Crippen molar-refractivity contribution in [2.75, 3.05) is 33.8 Å². The summed E-state index contributed by atoms with van der Waals surface area (Å²) in [5, 5.41) is 15.1. The summed E-state index contributed by atoms with van der Waals surface area (Å²) in [6, 6.07) is 9.60. The van der Waals surface area contributed by atoms with Crippen LogP contribution >= 0.6 is 0 Å². The zero-order valence-corrected chi connectivity index (χ0v) is 15.6. The molecule has 0 bridgehead atoms. The molecule has 3 rings (SSSR count). The van der Waals surface area contributed by atoms with Crippen molar-refractivity contribution >= 4 is 5.91 Å². The number of amides is 1. The lowest BCUT2D eigenvalue weighted by atomic mass is 10.0. The molecule has 0 unspecified atom stereocenters. The van der Waals surface area contributed by atoms with Crippen molar-refractivity contribution in [3.63, 3.8) is 0 Å². The molecule has 1 aromatic carbocycles. The second kappa shape index (κ2) is 7.47. The highest BCUT2D eigenvalue weighted by Crippen LogP contribution is 2.24. The Morgan fingerprint density at radius 3 is 2.69 bits per heavy atom. The van der Waals surface area contributed by atoms with Crippen molar-refractivity contribution in [3.05, 3.63) is 47.8 Å². The summed E-state index contributed by atoms with van der Waals surface area (Å²) in [4.78, 5) is 16.3. The Bertz CT molecular complexity index is 758. The van der Waals surface area contributed by atoms with Crippen molar-refractivity contribution in [1.82, 2.24) is 19.6 Å². The number of carbonyl (C=O) groups excluding carboxylic acids is 1. The Hall–Kier alpha value is -2.38. The lowest BCUT2D eigenvalue weighted by Gasteiger charge is -2.29. The van der Waals surface area contributed by atoms with Gasteiger partial charge in [0.25, 0.3) is 5.91 Å². The maximum absolute atomic E-state index is 12.5. The minimum Gasteiger partial charge on any atom is -0.497 e. The minimum atomic E-state index is -0.897. The molecule has 1 N–H and O–H groups in total. The number of likely N-dealkylation sites (N-methyl/N-ethyl adjacent to an activating group) is 1. The van der Waals surface area contributed by atoms with Crippen LogP contribution in [0, 0.1) is 0 Å². The first-order chi connectivity index (χ1) is 12.4. The van der Waals surface area contributed by atoms with Crippen LogP contribution in [0.4, 0.5) is 0 Å². The number of hydrogen-bond donors (Lipinski definition) is 1. The fourth-order valence-electron chi connectivity index (χ4n) is 3.45. The van der Waals surface area contributed by atoms with Crippen LogP contribution in [-0.4, -0.2) is 70.0 Å². The summed E-state index contributed by atoms with van der Waals surface area (Å²) in [6.45, 7) is 2.10. The van der Waals surface area contributed by atoms with E-state index >= 15 is 0 Å². The average molecular weight is 358 g/mol. The Kier molecular flexibility index (Phi) is 5.29. The number of rotatable bonds is 6. The number of likely N-dealkylation sites (tertiary alicyclic amines) is 1. The van der Waals surface area contributed by atoms with Gasteiger partial charge in [-0.2, -0.15) is 5.10 Å². The molecule has 2 heterocycles. The van der Waals surface area contributed by atoms with E-state index in [4.69, 9.17) is 4.74 Å². The van der Waals surface area contributed by atoms with Crippen molar-refractivity contribution in [2.24, 2.45) is 7.05 Å². The molecule has 1 aliphatic heterocycles. The molecule has 140 valence electrons. The van der Waals surface area contributed by atoms with Gasteiger partial charge in [-0.25, -0.2) is 0 Å². The molecule has 0 radical (unpaired) electrons. The van der Waals surface area contributed by atoms with Crippen LogP contribution in [0.2, 0.25) is 0 Å². The van der Waals surface area contributed by atoms with Gasteiger partial charge in [0.15, 0.2) is 0 Å². The van der Waals surface area contributed by atoms with Gasteiger partial charge in [0, 0.05) is 32.9 Å². The molecule has 2 aromatic rings. The molecular weight excluding hydrogens is 332 g/mol. The first-order valence-electron chi connectivity index (χ1n) is 8.71. The topological polar surface area (TPSA) is 70.8 Å². The van der Waals surface area contributed by atoms with Gasteiger partial charge < -0.3 is 14.7 Å². The van der Waals surface area contributed by atoms with Crippen LogP contribution in [0.1, 0.15) is 22.5 Å². The normalized spacial score (nSPS) is 20.0. The molecule has 7 heteroatoms. The van der Waals surface area contributed by atoms with Crippen LogP contribution in [0.25, 0.3) is 0 Å². The van der Waals surface area contributed by atoms with E-state index in [-0.39, 0.29) is 5.91 Å². The molecule has 1 atom stereocenters. The molecule has 26 heavy (non-hydrogen) atoms. The molecule has 7 nitrogen and oxygen atoms in total. The van der Waals surface area contributed by atoms with Crippen LogP contribution in [-0.2, 0) is 13.6 Å². The van der Waals surface area contributed by atoms with Crippen LogP contribution in [0.5, 0.6) is 5.75 Å². The number of methoxy groups -OCH3 is 1. The second-order valence-corrected chi connectivity index (χ2v) is 7.10. The van der Waals surface area contributed by atoms with Crippen molar-refractivity contribution < 1.29 is 14.6 Å². The molecule has 1 saturated heterocycles. The van der Waals surface area contributed by atoms with E-state index in [9.17, 15) is 9.90 Å². The summed E-state index contributed by atoms with van der Waals surface area (Å²) in [7, 11) is 5.41. The van der Waals surface area contributed by atoms with E-state index < -0.39 is 5.60 Å². The highest BCUT2D eigenvalue weighted by atomic mass is 16.5. The van der Waals surface area contributed by atoms with Crippen LogP contribution in [0.15, 0.2) is 36.5 Å². The van der Waals surface area contributed by atoms with Gasteiger partial charge >= 0.3 is 0 Å². The Morgan fingerprint density at radius 2 is 2.08 bits per heavy atom. The van der Waals surface area contributed by atoms with Crippen molar-refractivity contribution in [2.45, 2.75) is 18.6 Å². The Balaban J connectivity index is 1.56. The lowest BCUT2D eigenvalue weighted by molar-refractivity contribution is 0.0163. The van der Waals surface area contributed by atoms with Crippen LogP contribution in [0.3, 0.4) is 0 Å². The fraction of sp³-hybridized carbons (Fsp3) is 0.474. The number of β-amino-alcohol motifs (C(OH)–C–C–N with tert-alkyl or cyclic N) is 1. The third kappa shape index (κ3) is 4.23. The van der Waals surface area contributed by atoms with Crippen molar-refractivity contribution in [3.8, 4) is 5.75 Å². The fourth-order valence-corrected chi connectivity index (χ4v) is 3.45. The number of benzene rings is 1. The predicted octanol–water partition coefficient (Wildman–Crippen LogP) is 1.14. The molecule has 1 fully saturated rings. The summed E-state index contributed by atoms with van der Waals surface area (Å²) in [5.74, 6) is 0.703. The quantitative estimate of drug-likeness (QED) is 0.838. The third-order valence-electron chi connectivity index (χ3n) is 4.73. The maximum Gasteiger partial charge on any atom is 0.274 e. The number of carbonyl (C=O) groups is 1. The van der Waals surface area contributed by atoms with E-state index in [0.717, 1.165) is 17.9 Å². The summed E-state index contributed by atoms with van der Waals surface area (Å²) < 4.78 is 6.78. The van der Waals surface area contributed by atoms with Gasteiger partial charge in [-0.05, 0) is 37.2 Å². The summed E-state index contributed by atoms with van der Waals surface area (Å²) in [6.07, 6.45) is 2.32. The molecule has 0 aliphatic carbocycles. The third-order valence-corrected chi connectivity index (χ3v) is 4.73. The zero-order valence-electron chi connectivity index (χ0n) is 15.6. The molecule has 1 amide bonds. The first kappa shape index (κ1) is 18.4. The highest BCUT2D eigenvalue weighted by molar-refractivity contribution is 5.92. The van der Waals surface area contributed by atoms with Crippen molar-refractivity contribution in [1.29, 1.82) is 0 Å². The van der Waals surface area contributed by atoms with Gasteiger partial charge in [-0.1, -0.05) is 12.1 Å². The molecule has 0 spiro atoms. The SMILES string of the molecule is COc1ccc(CN(C)C[C@]2(O)CCN(C(=O)c3ccn(C)n3)C2)cc1. The number of hydrogen-bond acceptors (Lipinski definition) is 5. The lowest BCUT2D eigenvalue weighted by Crippen LogP contribution is -2.44. The standard InChI is InChI=1S/C19H26N4O3/c1-21(12-15-4-6-16(26-3)7-5-15)13-19(25)9-11-23(14-19)18(24)17-8-10-22(2)20-17/h4-8,10,25H,9,11-14H2,1-3H3/t19-/m1/s1. The van der Waals surface area contributed by atoms with E-state index in [1.807, 2.05) is 31.3 Å². The number of nitrogens with zero attached hydrogens (tertiary/aromatic N) is 4. The molecular formula is C19H26N4O3. The molecule has 0 saturated carbocycles. The van der Waals surface area contributed by atoms with E-state index in [1.54, 1.807) is 36.0 Å². The first-order valence-corrected chi connectivity index (χ1v) is 8.71. The van der Waals surface area contributed by atoms with E-state index in [2.05, 4.69) is 10.00 Å². The van der Waals surface area contributed by atoms with Crippen LogP contribution < -0.4 is 4.74 Å². The van der Waals surface area contributed by atoms with Gasteiger partial charge in [0.05, 0.1) is 19.3 Å². The monoisotopic (exact) mass is 358 g/mol.